The minimum atomic E-state index is 0.126. The largest absolute Gasteiger partial charge is 0.371 e. The van der Waals surface area contributed by atoms with E-state index >= 15 is 0 Å². The summed E-state index contributed by atoms with van der Waals surface area (Å²) in [5.41, 5.74) is 0.126. The highest BCUT2D eigenvalue weighted by Gasteiger charge is 2.32. The lowest BCUT2D eigenvalue weighted by Gasteiger charge is -2.36. The minimum absolute atomic E-state index is 0.126. The van der Waals surface area contributed by atoms with Crippen LogP contribution in [-0.4, -0.2) is 24.8 Å². The molecule has 0 aromatic rings. The Hall–Kier alpha value is -0.0800. The molecule has 0 aromatic heterocycles. The van der Waals surface area contributed by atoms with Crippen LogP contribution in [0.1, 0.15) is 72.1 Å². The normalized spacial score (nSPS) is 22.1. The van der Waals surface area contributed by atoms with Crippen LogP contribution in [0.5, 0.6) is 0 Å². The molecule has 1 atom stereocenters. The predicted octanol–water partition coefficient (Wildman–Crippen LogP) is 3.89. The van der Waals surface area contributed by atoms with Crippen LogP contribution in [0, 0.1) is 0 Å². The lowest BCUT2D eigenvalue weighted by atomic mass is 9.93. The first kappa shape index (κ1) is 15.0. The van der Waals surface area contributed by atoms with E-state index in [0.29, 0.717) is 6.10 Å². The Kier molecular flexibility index (Phi) is 7.14. The van der Waals surface area contributed by atoms with E-state index in [1.807, 2.05) is 0 Å². The van der Waals surface area contributed by atoms with Gasteiger partial charge in [-0.2, -0.15) is 0 Å². The fourth-order valence-electron chi connectivity index (χ4n) is 2.95. The Morgan fingerprint density at radius 2 is 1.76 bits per heavy atom. The molecule has 0 aromatic carbocycles. The molecule has 0 spiro atoms. The molecule has 1 unspecified atom stereocenters. The number of nitrogens with one attached hydrogen (secondary N) is 1. The van der Waals surface area contributed by atoms with E-state index in [0.717, 1.165) is 13.1 Å². The summed E-state index contributed by atoms with van der Waals surface area (Å²) in [6, 6.07) is 0. The molecule has 0 bridgehead atoms. The molecule has 1 saturated carbocycles. The molecular formula is C15H31NO. The summed E-state index contributed by atoms with van der Waals surface area (Å²) in [6.45, 7) is 8.75. The fraction of sp³-hybridized carbons (Fsp3) is 1.00. The van der Waals surface area contributed by atoms with E-state index in [1.165, 1.54) is 51.4 Å². The van der Waals surface area contributed by atoms with Crippen LogP contribution in [-0.2, 0) is 4.74 Å². The van der Waals surface area contributed by atoms with Gasteiger partial charge in [-0.25, -0.2) is 0 Å². The molecule has 1 N–H and O–H groups in total. The van der Waals surface area contributed by atoms with Crippen LogP contribution >= 0.6 is 0 Å². The van der Waals surface area contributed by atoms with Gasteiger partial charge in [0.25, 0.3) is 0 Å². The molecule has 0 radical (unpaired) electrons. The first-order valence-electron chi connectivity index (χ1n) is 7.61. The maximum atomic E-state index is 6.44. The number of likely N-dealkylation sites (N-methyl/N-ethyl adjacent to an activating group) is 1. The van der Waals surface area contributed by atoms with Crippen molar-refractivity contribution in [3.05, 3.63) is 0 Å². The zero-order valence-electron chi connectivity index (χ0n) is 12.1. The van der Waals surface area contributed by atoms with Crippen LogP contribution in [0.25, 0.3) is 0 Å². The highest BCUT2D eigenvalue weighted by molar-refractivity contribution is 4.86. The van der Waals surface area contributed by atoms with Gasteiger partial charge in [-0.1, -0.05) is 46.0 Å². The summed E-state index contributed by atoms with van der Waals surface area (Å²) in [4.78, 5) is 0. The van der Waals surface area contributed by atoms with Gasteiger partial charge in [0.1, 0.15) is 0 Å². The molecule has 1 fully saturated rings. The van der Waals surface area contributed by atoms with Crippen LogP contribution in [0.2, 0.25) is 0 Å². The Morgan fingerprint density at radius 1 is 1.12 bits per heavy atom. The van der Waals surface area contributed by atoms with Crippen molar-refractivity contribution in [3.63, 3.8) is 0 Å². The van der Waals surface area contributed by atoms with Gasteiger partial charge in [0.05, 0.1) is 11.7 Å². The molecule has 0 saturated heterocycles. The molecule has 0 aliphatic heterocycles. The van der Waals surface area contributed by atoms with Gasteiger partial charge in [-0.05, 0) is 32.7 Å². The third-order valence-electron chi connectivity index (χ3n) is 3.86. The zero-order valence-corrected chi connectivity index (χ0v) is 12.1. The topological polar surface area (TPSA) is 21.3 Å². The van der Waals surface area contributed by atoms with Gasteiger partial charge < -0.3 is 10.1 Å². The maximum Gasteiger partial charge on any atom is 0.0809 e. The van der Waals surface area contributed by atoms with E-state index in [2.05, 4.69) is 26.1 Å². The molecule has 2 nitrogen and oxygen atoms in total. The minimum Gasteiger partial charge on any atom is -0.371 e. The van der Waals surface area contributed by atoms with Crippen molar-refractivity contribution in [2.24, 2.45) is 0 Å². The van der Waals surface area contributed by atoms with Crippen molar-refractivity contribution in [1.29, 1.82) is 0 Å². The molecular weight excluding hydrogens is 210 g/mol. The SMILES string of the molecule is CCCC(C)OC1(CNCC)CCCCCC1. The van der Waals surface area contributed by atoms with Crippen LogP contribution in [0.3, 0.4) is 0 Å². The molecule has 1 aliphatic rings. The standard InChI is InChI=1S/C15H31NO/c1-4-10-14(3)17-15(13-16-5-2)11-8-6-7-9-12-15/h14,16H,4-13H2,1-3H3. The van der Waals surface area contributed by atoms with Gasteiger partial charge in [0.15, 0.2) is 0 Å². The first-order chi connectivity index (χ1) is 8.22. The number of hydrogen-bond donors (Lipinski definition) is 1. The molecule has 2 heteroatoms. The molecule has 17 heavy (non-hydrogen) atoms. The lowest BCUT2D eigenvalue weighted by molar-refractivity contribution is -0.0966. The average molecular weight is 241 g/mol. The Bertz CT molecular complexity index is 185. The molecule has 102 valence electrons. The second-order valence-electron chi connectivity index (χ2n) is 5.59. The van der Waals surface area contributed by atoms with Crippen molar-refractivity contribution in [2.45, 2.75) is 83.8 Å². The highest BCUT2D eigenvalue weighted by atomic mass is 16.5. The second-order valence-corrected chi connectivity index (χ2v) is 5.59. The number of rotatable bonds is 7. The lowest BCUT2D eigenvalue weighted by Crippen LogP contribution is -2.44. The van der Waals surface area contributed by atoms with Crippen LogP contribution in [0.4, 0.5) is 0 Å². The molecule has 1 rings (SSSR count). The molecule has 0 amide bonds. The quantitative estimate of drug-likeness (QED) is 0.683. The second kappa shape index (κ2) is 8.10. The Balaban J connectivity index is 2.55. The average Bonchev–Trinajstić information content (AvgIpc) is 2.53. The predicted molar refractivity (Wildman–Crippen MR) is 74.4 cm³/mol. The maximum absolute atomic E-state index is 6.44. The van der Waals surface area contributed by atoms with E-state index in [1.54, 1.807) is 0 Å². The number of ether oxygens (including phenoxy) is 1. The van der Waals surface area contributed by atoms with Crippen molar-refractivity contribution in [2.75, 3.05) is 13.1 Å². The van der Waals surface area contributed by atoms with Gasteiger partial charge >= 0.3 is 0 Å². The third kappa shape index (κ3) is 5.39. The number of hydrogen-bond acceptors (Lipinski definition) is 2. The van der Waals surface area contributed by atoms with Crippen molar-refractivity contribution < 1.29 is 4.74 Å². The van der Waals surface area contributed by atoms with Crippen molar-refractivity contribution >= 4 is 0 Å². The molecule has 1 aliphatic carbocycles. The van der Waals surface area contributed by atoms with E-state index in [-0.39, 0.29) is 5.60 Å². The zero-order chi connectivity index (χ0) is 12.6. The van der Waals surface area contributed by atoms with E-state index in [4.69, 9.17) is 4.74 Å². The van der Waals surface area contributed by atoms with Gasteiger partial charge in [0, 0.05) is 6.54 Å². The summed E-state index contributed by atoms with van der Waals surface area (Å²) in [5, 5.41) is 3.51. The van der Waals surface area contributed by atoms with Crippen LogP contribution in [0.15, 0.2) is 0 Å². The summed E-state index contributed by atoms with van der Waals surface area (Å²) >= 11 is 0. The first-order valence-corrected chi connectivity index (χ1v) is 7.61. The van der Waals surface area contributed by atoms with Gasteiger partial charge in [-0.3, -0.25) is 0 Å². The van der Waals surface area contributed by atoms with Gasteiger partial charge in [-0.15, -0.1) is 0 Å². The van der Waals surface area contributed by atoms with Gasteiger partial charge in [0.2, 0.25) is 0 Å². The molecule has 0 heterocycles. The van der Waals surface area contributed by atoms with Crippen LogP contribution < -0.4 is 5.32 Å². The Labute approximate surface area is 108 Å². The van der Waals surface area contributed by atoms with Crippen molar-refractivity contribution in [3.8, 4) is 0 Å². The summed E-state index contributed by atoms with van der Waals surface area (Å²) in [7, 11) is 0. The smallest absolute Gasteiger partial charge is 0.0809 e. The summed E-state index contributed by atoms with van der Waals surface area (Å²) < 4.78 is 6.44. The fourth-order valence-corrected chi connectivity index (χ4v) is 2.95. The van der Waals surface area contributed by atoms with E-state index < -0.39 is 0 Å². The third-order valence-corrected chi connectivity index (χ3v) is 3.86. The highest BCUT2D eigenvalue weighted by Crippen LogP contribution is 2.31. The monoisotopic (exact) mass is 241 g/mol. The Morgan fingerprint density at radius 3 is 2.29 bits per heavy atom. The van der Waals surface area contributed by atoms with E-state index in [9.17, 15) is 0 Å². The van der Waals surface area contributed by atoms with Crippen molar-refractivity contribution in [1.82, 2.24) is 5.32 Å². The summed E-state index contributed by atoms with van der Waals surface area (Å²) in [6.07, 6.45) is 10.8. The summed E-state index contributed by atoms with van der Waals surface area (Å²) in [5.74, 6) is 0.